The number of hydrogen-bond donors (Lipinski definition) is 2. The molecular formula is C16H18N2O2. The van der Waals surface area contributed by atoms with Gasteiger partial charge in [0.05, 0.1) is 13.0 Å². The van der Waals surface area contributed by atoms with Crippen LogP contribution in [0.1, 0.15) is 17.0 Å². The van der Waals surface area contributed by atoms with Crippen LogP contribution in [0.5, 0.6) is 5.75 Å². The Hall–Kier alpha value is -2.33. The number of carbonyl (C=O) groups is 1. The largest absolute Gasteiger partial charge is 0.497 e. The van der Waals surface area contributed by atoms with Crippen LogP contribution < -0.4 is 16.0 Å². The van der Waals surface area contributed by atoms with Crippen LogP contribution in [0.2, 0.25) is 0 Å². The Morgan fingerprint density at radius 2 is 1.80 bits per heavy atom. The highest BCUT2D eigenvalue weighted by molar-refractivity contribution is 5.83. The van der Waals surface area contributed by atoms with E-state index in [9.17, 15) is 4.79 Å². The Morgan fingerprint density at radius 3 is 2.35 bits per heavy atom. The van der Waals surface area contributed by atoms with Crippen molar-refractivity contribution in [3.63, 3.8) is 0 Å². The van der Waals surface area contributed by atoms with Crippen LogP contribution in [0.3, 0.4) is 0 Å². The van der Waals surface area contributed by atoms with E-state index in [1.807, 2.05) is 54.6 Å². The highest BCUT2D eigenvalue weighted by Crippen LogP contribution is 2.23. The quantitative estimate of drug-likeness (QED) is 0.496. The highest BCUT2D eigenvalue weighted by atomic mass is 16.5. The molecule has 0 fully saturated rings. The molecule has 0 spiro atoms. The number of rotatable bonds is 5. The van der Waals surface area contributed by atoms with Crippen molar-refractivity contribution >= 4 is 5.91 Å². The zero-order valence-electron chi connectivity index (χ0n) is 11.4. The molecule has 4 heteroatoms. The first-order valence-electron chi connectivity index (χ1n) is 6.43. The molecule has 0 saturated heterocycles. The Labute approximate surface area is 118 Å². The van der Waals surface area contributed by atoms with Crippen LogP contribution in [0.25, 0.3) is 0 Å². The molecule has 3 N–H and O–H groups in total. The summed E-state index contributed by atoms with van der Waals surface area (Å²) in [7, 11) is 1.61. The molecule has 0 radical (unpaired) electrons. The fourth-order valence-corrected chi connectivity index (χ4v) is 2.15. The number of nitrogens with one attached hydrogen (secondary N) is 1. The van der Waals surface area contributed by atoms with Gasteiger partial charge >= 0.3 is 0 Å². The number of hydrogen-bond acceptors (Lipinski definition) is 3. The normalized spacial score (nSPS) is 11.7. The third kappa shape index (κ3) is 3.36. The molecule has 2 aromatic rings. The molecule has 104 valence electrons. The third-order valence-corrected chi connectivity index (χ3v) is 3.26. The Balaban J connectivity index is 2.25. The molecule has 2 rings (SSSR count). The molecule has 2 aromatic carbocycles. The van der Waals surface area contributed by atoms with E-state index in [4.69, 9.17) is 10.6 Å². The molecule has 0 heterocycles. The summed E-state index contributed by atoms with van der Waals surface area (Å²) < 4.78 is 5.13. The first kappa shape index (κ1) is 14.1. The van der Waals surface area contributed by atoms with E-state index in [-0.39, 0.29) is 11.8 Å². The molecule has 0 aliphatic rings. The predicted molar refractivity (Wildman–Crippen MR) is 78.2 cm³/mol. The topological polar surface area (TPSA) is 64.3 Å². The maximum absolute atomic E-state index is 12.0. The molecule has 0 aromatic heterocycles. The fraction of sp³-hybridized carbons (Fsp3) is 0.188. The number of hydrazine groups is 1. The summed E-state index contributed by atoms with van der Waals surface area (Å²) in [5.74, 6) is 5.55. The van der Waals surface area contributed by atoms with Gasteiger partial charge in [-0.15, -0.1) is 0 Å². The van der Waals surface area contributed by atoms with Crippen molar-refractivity contribution in [3.8, 4) is 5.75 Å². The number of methoxy groups -OCH3 is 1. The second-order valence-electron chi connectivity index (χ2n) is 4.52. The van der Waals surface area contributed by atoms with Crippen LogP contribution in [0.4, 0.5) is 0 Å². The van der Waals surface area contributed by atoms with Crippen LogP contribution in [-0.2, 0) is 11.2 Å². The maximum atomic E-state index is 12.0. The fourth-order valence-electron chi connectivity index (χ4n) is 2.15. The summed E-state index contributed by atoms with van der Waals surface area (Å²) in [6.45, 7) is 0. The van der Waals surface area contributed by atoms with Gasteiger partial charge in [0.15, 0.2) is 0 Å². The van der Waals surface area contributed by atoms with E-state index in [2.05, 4.69) is 5.43 Å². The second kappa shape index (κ2) is 6.73. The minimum atomic E-state index is -0.312. The Morgan fingerprint density at radius 1 is 1.15 bits per heavy atom. The molecule has 1 unspecified atom stereocenters. The van der Waals surface area contributed by atoms with Crippen LogP contribution in [0, 0.1) is 0 Å². The number of carbonyl (C=O) groups excluding carboxylic acids is 1. The van der Waals surface area contributed by atoms with E-state index < -0.39 is 0 Å². The SMILES string of the molecule is COc1ccc(C(Cc2ccccc2)C(=O)NN)cc1. The van der Waals surface area contributed by atoms with E-state index in [0.29, 0.717) is 6.42 Å². The van der Waals surface area contributed by atoms with E-state index >= 15 is 0 Å². The third-order valence-electron chi connectivity index (χ3n) is 3.26. The van der Waals surface area contributed by atoms with Gasteiger partial charge in [0.1, 0.15) is 5.75 Å². The predicted octanol–water partition coefficient (Wildman–Crippen LogP) is 2.01. The van der Waals surface area contributed by atoms with E-state index in [0.717, 1.165) is 16.9 Å². The smallest absolute Gasteiger partial charge is 0.241 e. The van der Waals surface area contributed by atoms with Crippen molar-refractivity contribution in [1.82, 2.24) is 5.43 Å². The van der Waals surface area contributed by atoms with Crippen LogP contribution in [-0.4, -0.2) is 13.0 Å². The zero-order valence-corrected chi connectivity index (χ0v) is 11.4. The van der Waals surface area contributed by atoms with Gasteiger partial charge in [-0.1, -0.05) is 42.5 Å². The van der Waals surface area contributed by atoms with Crippen molar-refractivity contribution in [3.05, 3.63) is 65.7 Å². The molecule has 20 heavy (non-hydrogen) atoms. The van der Waals surface area contributed by atoms with Gasteiger partial charge in [-0.05, 0) is 29.7 Å². The maximum Gasteiger partial charge on any atom is 0.241 e. The summed E-state index contributed by atoms with van der Waals surface area (Å²) in [5.41, 5.74) is 4.25. The summed E-state index contributed by atoms with van der Waals surface area (Å²) in [4.78, 5) is 12.0. The minimum absolute atomic E-state index is 0.195. The lowest BCUT2D eigenvalue weighted by Crippen LogP contribution is -2.35. The second-order valence-corrected chi connectivity index (χ2v) is 4.52. The van der Waals surface area contributed by atoms with Crippen molar-refractivity contribution in [1.29, 1.82) is 0 Å². The van der Waals surface area contributed by atoms with Gasteiger partial charge in [0.2, 0.25) is 5.91 Å². The molecule has 0 aliphatic carbocycles. The lowest BCUT2D eigenvalue weighted by atomic mass is 9.91. The van der Waals surface area contributed by atoms with Gasteiger partial charge in [-0.25, -0.2) is 5.84 Å². The van der Waals surface area contributed by atoms with E-state index in [1.165, 1.54) is 0 Å². The molecule has 0 aliphatic heterocycles. The van der Waals surface area contributed by atoms with Crippen molar-refractivity contribution in [2.24, 2.45) is 5.84 Å². The van der Waals surface area contributed by atoms with Crippen molar-refractivity contribution in [2.75, 3.05) is 7.11 Å². The molecule has 4 nitrogen and oxygen atoms in total. The monoisotopic (exact) mass is 270 g/mol. The summed E-state index contributed by atoms with van der Waals surface area (Å²) in [6.07, 6.45) is 0.607. The van der Waals surface area contributed by atoms with Gasteiger partial charge < -0.3 is 4.74 Å². The average Bonchev–Trinajstić information content (AvgIpc) is 2.53. The lowest BCUT2D eigenvalue weighted by molar-refractivity contribution is -0.122. The zero-order chi connectivity index (χ0) is 14.4. The first-order valence-corrected chi connectivity index (χ1v) is 6.43. The Bertz CT molecular complexity index is 552. The summed E-state index contributed by atoms with van der Waals surface area (Å²) in [6, 6.07) is 17.3. The van der Waals surface area contributed by atoms with Gasteiger partial charge in [0, 0.05) is 0 Å². The van der Waals surface area contributed by atoms with Crippen molar-refractivity contribution in [2.45, 2.75) is 12.3 Å². The number of nitrogens with two attached hydrogens (primary N) is 1. The number of benzene rings is 2. The number of ether oxygens (including phenoxy) is 1. The van der Waals surface area contributed by atoms with Gasteiger partial charge in [0.25, 0.3) is 0 Å². The highest BCUT2D eigenvalue weighted by Gasteiger charge is 2.20. The average molecular weight is 270 g/mol. The lowest BCUT2D eigenvalue weighted by Gasteiger charge is -2.16. The summed E-state index contributed by atoms with van der Waals surface area (Å²) in [5, 5.41) is 0. The standard InChI is InChI=1S/C16H18N2O2/c1-20-14-9-7-13(8-10-14)15(16(19)18-17)11-12-5-3-2-4-6-12/h2-10,15H,11,17H2,1H3,(H,18,19). The van der Waals surface area contributed by atoms with Crippen LogP contribution >= 0.6 is 0 Å². The molecule has 1 atom stereocenters. The van der Waals surface area contributed by atoms with E-state index in [1.54, 1.807) is 7.11 Å². The molecule has 0 bridgehead atoms. The Kier molecular flexibility index (Phi) is 4.74. The van der Waals surface area contributed by atoms with Gasteiger partial charge in [-0.2, -0.15) is 0 Å². The van der Waals surface area contributed by atoms with Crippen molar-refractivity contribution < 1.29 is 9.53 Å². The van der Waals surface area contributed by atoms with Gasteiger partial charge in [-0.3, -0.25) is 10.2 Å². The molecule has 1 amide bonds. The number of amides is 1. The summed E-state index contributed by atoms with van der Waals surface area (Å²) >= 11 is 0. The first-order chi connectivity index (χ1) is 9.74. The van der Waals surface area contributed by atoms with Crippen LogP contribution in [0.15, 0.2) is 54.6 Å². The molecule has 0 saturated carbocycles. The molecular weight excluding hydrogens is 252 g/mol. The minimum Gasteiger partial charge on any atom is -0.497 e.